The number of nitriles is 1. The molecule has 4 aromatic rings. The lowest BCUT2D eigenvalue weighted by atomic mass is 9.87. The van der Waals surface area contributed by atoms with Gasteiger partial charge in [-0.3, -0.25) is 4.72 Å². The Morgan fingerprint density at radius 3 is 2.97 bits per heavy atom. The highest BCUT2D eigenvalue weighted by molar-refractivity contribution is 7.97. The number of aromatic amines is 1. The zero-order valence-electron chi connectivity index (χ0n) is 15.4. The van der Waals surface area contributed by atoms with Crippen LogP contribution in [0.1, 0.15) is 18.4 Å². The summed E-state index contributed by atoms with van der Waals surface area (Å²) in [5, 5.41) is 13.7. The maximum absolute atomic E-state index is 9.02. The third kappa shape index (κ3) is 3.58. The molecule has 1 fully saturated rings. The number of rotatable bonds is 6. The lowest BCUT2D eigenvalue weighted by Gasteiger charge is -2.37. The monoisotopic (exact) mass is 402 g/mol. The third-order valence-electron chi connectivity index (χ3n) is 5.04. The first kappa shape index (κ1) is 17.8. The number of nitrogens with zero attached hydrogens (tertiary/aromatic N) is 3. The average molecular weight is 402 g/mol. The standard InChI is InChI=1S/C21H18N6OS/c22-11-13-2-1-3-16(8-13)29-27-15-9-14(10-15)26-19-17-4-5-23-20(17)25-12-18(19)21-24-6-7-28-21/h1-8,12,14-15,27H,9-10H2,(H2,23,25,26)/t14-,15+. The lowest BCUT2D eigenvalue weighted by Crippen LogP contribution is -2.45. The Labute approximate surface area is 171 Å². The zero-order valence-corrected chi connectivity index (χ0v) is 16.2. The van der Waals surface area contributed by atoms with Crippen LogP contribution in [-0.2, 0) is 0 Å². The number of aromatic nitrogens is 3. The van der Waals surface area contributed by atoms with Crippen LogP contribution < -0.4 is 10.0 Å². The predicted octanol–water partition coefficient (Wildman–Crippen LogP) is 4.33. The fourth-order valence-corrected chi connectivity index (χ4v) is 4.33. The Bertz CT molecular complexity index is 1170. The van der Waals surface area contributed by atoms with Gasteiger partial charge in [-0.25, -0.2) is 9.97 Å². The number of hydrogen-bond donors (Lipinski definition) is 3. The molecule has 1 aliphatic rings. The first-order valence-corrected chi connectivity index (χ1v) is 10.2. The van der Waals surface area contributed by atoms with Crippen LogP contribution in [0, 0.1) is 11.3 Å². The van der Waals surface area contributed by atoms with Crippen molar-refractivity contribution in [3.63, 3.8) is 0 Å². The zero-order chi connectivity index (χ0) is 19.6. The Hall–Kier alpha value is -3.28. The summed E-state index contributed by atoms with van der Waals surface area (Å²) in [4.78, 5) is 13.0. The van der Waals surface area contributed by atoms with Crippen LogP contribution in [0.2, 0.25) is 0 Å². The number of oxazole rings is 1. The molecule has 0 bridgehead atoms. The largest absolute Gasteiger partial charge is 0.444 e. The van der Waals surface area contributed by atoms with E-state index in [4.69, 9.17) is 9.68 Å². The van der Waals surface area contributed by atoms with Crippen molar-refractivity contribution in [2.75, 3.05) is 5.32 Å². The number of nitrogens with one attached hydrogen (secondary N) is 3. The van der Waals surface area contributed by atoms with Crippen LogP contribution in [0.3, 0.4) is 0 Å². The van der Waals surface area contributed by atoms with E-state index in [-0.39, 0.29) is 0 Å². The second-order valence-corrected chi connectivity index (χ2v) is 7.90. The van der Waals surface area contributed by atoms with Crippen molar-refractivity contribution in [2.45, 2.75) is 29.8 Å². The second kappa shape index (κ2) is 7.62. The molecule has 3 aromatic heterocycles. The SMILES string of the molecule is N#Cc1cccc(SN[C@H]2C[C@@H](Nc3c(-c4ncco4)cnc4[nH]ccc34)C2)c1. The molecule has 0 atom stereocenters. The molecular formula is C21H18N6OS. The van der Waals surface area contributed by atoms with Crippen LogP contribution in [0.4, 0.5) is 5.69 Å². The molecule has 1 saturated carbocycles. The number of hydrogen-bond acceptors (Lipinski definition) is 7. The topological polar surface area (TPSA) is 103 Å². The van der Waals surface area contributed by atoms with E-state index in [1.807, 2.05) is 36.5 Å². The highest BCUT2D eigenvalue weighted by Crippen LogP contribution is 2.36. The van der Waals surface area contributed by atoms with E-state index in [9.17, 15) is 0 Å². The van der Waals surface area contributed by atoms with E-state index in [0.29, 0.717) is 23.5 Å². The minimum absolute atomic E-state index is 0.354. The fraction of sp³-hybridized carbons (Fsp3) is 0.190. The summed E-state index contributed by atoms with van der Waals surface area (Å²) in [6.07, 6.45) is 8.90. The lowest BCUT2D eigenvalue weighted by molar-refractivity contribution is 0.355. The first-order valence-electron chi connectivity index (χ1n) is 9.35. The van der Waals surface area contributed by atoms with E-state index in [2.05, 4.69) is 31.1 Å². The molecule has 1 aliphatic carbocycles. The van der Waals surface area contributed by atoms with Crippen LogP contribution in [0.25, 0.3) is 22.5 Å². The summed E-state index contributed by atoms with van der Waals surface area (Å²) in [6.45, 7) is 0. The number of fused-ring (bicyclic) bond motifs is 1. The molecule has 3 heterocycles. The smallest absolute Gasteiger partial charge is 0.229 e. The first-order chi connectivity index (χ1) is 14.3. The Kier molecular flexibility index (Phi) is 4.68. The van der Waals surface area contributed by atoms with E-state index in [1.54, 1.807) is 30.6 Å². The van der Waals surface area contributed by atoms with E-state index >= 15 is 0 Å². The predicted molar refractivity (Wildman–Crippen MR) is 112 cm³/mol. The van der Waals surface area contributed by atoms with Crippen molar-refractivity contribution >= 4 is 28.7 Å². The van der Waals surface area contributed by atoms with Gasteiger partial charge in [0.25, 0.3) is 0 Å². The van der Waals surface area contributed by atoms with Gasteiger partial charge in [0.15, 0.2) is 0 Å². The summed E-state index contributed by atoms with van der Waals surface area (Å²) in [7, 11) is 0. The van der Waals surface area contributed by atoms with Crippen LogP contribution >= 0.6 is 11.9 Å². The molecule has 3 N–H and O–H groups in total. The molecule has 7 nitrogen and oxygen atoms in total. The van der Waals surface area contributed by atoms with Crippen molar-refractivity contribution in [1.82, 2.24) is 19.7 Å². The highest BCUT2D eigenvalue weighted by atomic mass is 32.2. The number of benzene rings is 1. The normalized spacial score (nSPS) is 18.3. The molecule has 5 rings (SSSR count). The summed E-state index contributed by atoms with van der Waals surface area (Å²) in [5.74, 6) is 0.560. The molecule has 29 heavy (non-hydrogen) atoms. The maximum Gasteiger partial charge on any atom is 0.229 e. The molecule has 0 saturated heterocycles. The van der Waals surface area contributed by atoms with Crippen LogP contribution in [-0.4, -0.2) is 27.0 Å². The molecule has 0 unspecified atom stereocenters. The molecule has 0 amide bonds. The summed E-state index contributed by atoms with van der Waals surface area (Å²) in [5.41, 5.74) is 3.37. The van der Waals surface area contributed by atoms with Crippen molar-refractivity contribution in [2.24, 2.45) is 0 Å². The van der Waals surface area contributed by atoms with Gasteiger partial charge in [0.1, 0.15) is 11.9 Å². The van der Waals surface area contributed by atoms with Crippen molar-refractivity contribution in [3.05, 3.63) is 60.7 Å². The van der Waals surface area contributed by atoms with Gasteiger partial charge >= 0.3 is 0 Å². The van der Waals surface area contributed by atoms with Crippen LogP contribution in [0.5, 0.6) is 0 Å². The molecule has 1 aromatic carbocycles. The average Bonchev–Trinajstić information content (AvgIpc) is 3.41. The molecule has 0 aliphatic heterocycles. The van der Waals surface area contributed by atoms with E-state index in [1.165, 1.54) is 0 Å². The highest BCUT2D eigenvalue weighted by Gasteiger charge is 2.30. The van der Waals surface area contributed by atoms with Crippen molar-refractivity contribution < 1.29 is 4.42 Å². The molecule has 8 heteroatoms. The quantitative estimate of drug-likeness (QED) is 0.413. The van der Waals surface area contributed by atoms with Gasteiger partial charge in [0.2, 0.25) is 5.89 Å². The van der Waals surface area contributed by atoms with Crippen LogP contribution in [0.15, 0.2) is 64.5 Å². The second-order valence-electron chi connectivity index (χ2n) is 6.99. The van der Waals surface area contributed by atoms with Gasteiger partial charge in [-0.2, -0.15) is 5.26 Å². The molecule has 0 radical (unpaired) electrons. The van der Waals surface area contributed by atoms with Gasteiger partial charge in [-0.1, -0.05) is 6.07 Å². The summed E-state index contributed by atoms with van der Waals surface area (Å²) in [6, 6.07) is 12.6. The van der Waals surface area contributed by atoms with Gasteiger partial charge in [-0.05, 0) is 49.1 Å². The van der Waals surface area contributed by atoms with E-state index in [0.717, 1.165) is 40.0 Å². The third-order valence-corrected chi connectivity index (χ3v) is 5.98. The Balaban J connectivity index is 1.26. The number of pyridine rings is 1. The maximum atomic E-state index is 9.02. The Morgan fingerprint density at radius 2 is 2.14 bits per heavy atom. The van der Waals surface area contributed by atoms with Gasteiger partial charge < -0.3 is 14.7 Å². The minimum Gasteiger partial charge on any atom is -0.444 e. The van der Waals surface area contributed by atoms with Gasteiger partial charge in [0, 0.05) is 34.8 Å². The number of anilines is 1. The molecule has 144 valence electrons. The fourth-order valence-electron chi connectivity index (χ4n) is 3.50. The summed E-state index contributed by atoms with van der Waals surface area (Å²) >= 11 is 1.58. The van der Waals surface area contributed by atoms with Crippen molar-refractivity contribution in [1.29, 1.82) is 5.26 Å². The van der Waals surface area contributed by atoms with E-state index < -0.39 is 0 Å². The van der Waals surface area contributed by atoms with Crippen molar-refractivity contribution in [3.8, 4) is 17.5 Å². The minimum atomic E-state index is 0.354. The van der Waals surface area contributed by atoms with Gasteiger partial charge in [-0.15, -0.1) is 0 Å². The Morgan fingerprint density at radius 1 is 1.21 bits per heavy atom. The summed E-state index contributed by atoms with van der Waals surface area (Å²) < 4.78 is 9.00. The number of H-pyrrole nitrogens is 1. The molecular weight excluding hydrogens is 384 g/mol. The van der Waals surface area contributed by atoms with Gasteiger partial charge in [0.05, 0.1) is 29.1 Å². The molecule has 0 spiro atoms.